The molecule has 1 heterocycles. The van der Waals surface area contributed by atoms with Gasteiger partial charge in [-0.3, -0.25) is 4.79 Å². The predicted octanol–water partition coefficient (Wildman–Crippen LogP) is 4.35. The maximum Gasteiger partial charge on any atom is 0.228 e. The van der Waals surface area contributed by atoms with Crippen LogP contribution in [0.3, 0.4) is 0 Å². The Morgan fingerprint density at radius 3 is 2.59 bits per heavy atom. The van der Waals surface area contributed by atoms with Crippen LogP contribution in [-0.2, 0) is 11.2 Å². The van der Waals surface area contributed by atoms with Crippen molar-refractivity contribution < 1.29 is 14.3 Å². The second-order valence-electron chi connectivity index (χ2n) is 5.72. The van der Waals surface area contributed by atoms with Crippen LogP contribution in [0.2, 0.25) is 0 Å². The lowest BCUT2D eigenvalue weighted by molar-refractivity contribution is -0.115. The molecule has 0 aliphatic rings. The van der Waals surface area contributed by atoms with Crippen molar-refractivity contribution >= 4 is 22.9 Å². The number of nitrogens with one attached hydrogen (secondary N) is 1. The number of ether oxygens (including phenoxy) is 2. The minimum atomic E-state index is -0.106. The molecule has 0 unspecified atom stereocenters. The van der Waals surface area contributed by atoms with E-state index in [0.29, 0.717) is 11.5 Å². The number of benzene rings is 2. The van der Waals surface area contributed by atoms with Crippen LogP contribution >= 0.6 is 11.3 Å². The molecule has 27 heavy (non-hydrogen) atoms. The Bertz CT molecular complexity index is 984. The van der Waals surface area contributed by atoms with Crippen LogP contribution in [0.4, 0.5) is 5.69 Å². The van der Waals surface area contributed by atoms with E-state index in [1.54, 1.807) is 37.7 Å². The second-order valence-corrected chi connectivity index (χ2v) is 6.67. The highest BCUT2D eigenvalue weighted by Gasteiger charge is 2.09. The number of amides is 1. The molecule has 3 rings (SSSR count). The van der Waals surface area contributed by atoms with Crippen molar-refractivity contribution in [2.24, 2.45) is 0 Å². The Kier molecular flexibility index (Phi) is 6.14. The minimum Gasteiger partial charge on any atom is -0.493 e. The van der Waals surface area contributed by atoms with Crippen LogP contribution < -0.4 is 14.8 Å². The average molecular weight is 377 g/mol. The first kappa shape index (κ1) is 18.6. The van der Waals surface area contributed by atoms with Crippen molar-refractivity contribution in [1.82, 2.24) is 0 Å². The molecule has 0 aliphatic carbocycles. The molecule has 0 fully saturated rings. The van der Waals surface area contributed by atoms with Crippen molar-refractivity contribution in [3.05, 3.63) is 76.0 Å². The van der Waals surface area contributed by atoms with Gasteiger partial charge in [-0.1, -0.05) is 30.0 Å². The van der Waals surface area contributed by atoms with E-state index in [1.807, 2.05) is 47.8 Å². The number of carbonyl (C=O) groups excluding carboxylic acids is 1. The van der Waals surface area contributed by atoms with Gasteiger partial charge in [0.25, 0.3) is 0 Å². The number of thiophene rings is 1. The topological polar surface area (TPSA) is 47.6 Å². The van der Waals surface area contributed by atoms with E-state index in [9.17, 15) is 4.79 Å². The van der Waals surface area contributed by atoms with Crippen LogP contribution in [0.15, 0.2) is 60.0 Å². The molecular weight excluding hydrogens is 358 g/mol. The molecule has 0 spiro atoms. The molecule has 0 saturated carbocycles. The van der Waals surface area contributed by atoms with Gasteiger partial charge in [0.1, 0.15) is 0 Å². The zero-order chi connectivity index (χ0) is 19.1. The molecular formula is C22H19NO3S. The van der Waals surface area contributed by atoms with Crippen LogP contribution in [0, 0.1) is 11.8 Å². The molecule has 1 N–H and O–H groups in total. The molecule has 0 bridgehead atoms. The lowest BCUT2D eigenvalue weighted by Crippen LogP contribution is -2.14. The molecule has 0 saturated heterocycles. The molecule has 0 radical (unpaired) electrons. The van der Waals surface area contributed by atoms with Gasteiger partial charge in [0.15, 0.2) is 11.5 Å². The minimum absolute atomic E-state index is 0.106. The van der Waals surface area contributed by atoms with Crippen molar-refractivity contribution in [3.63, 3.8) is 0 Å². The summed E-state index contributed by atoms with van der Waals surface area (Å²) < 4.78 is 10.5. The number of rotatable bonds is 5. The summed E-state index contributed by atoms with van der Waals surface area (Å²) in [5.41, 5.74) is 2.42. The third-order valence-corrected chi connectivity index (χ3v) is 4.60. The van der Waals surface area contributed by atoms with E-state index in [4.69, 9.17) is 9.47 Å². The lowest BCUT2D eigenvalue weighted by atomic mass is 10.1. The molecule has 4 nitrogen and oxygen atoms in total. The summed E-state index contributed by atoms with van der Waals surface area (Å²) in [6.45, 7) is 0. The van der Waals surface area contributed by atoms with Crippen LogP contribution in [0.25, 0.3) is 0 Å². The molecule has 3 aromatic rings. The van der Waals surface area contributed by atoms with E-state index in [0.717, 1.165) is 21.7 Å². The lowest BCUT2D eigenvalue weighted by Gasteiger charge is -2.10. The zero-order valence-electron chi connectivity index (χ0n) is 15.1. The molecule has 1 amide bonds. The highest BCUT2D eigenvalue weighted by atomic mass is 32.1. The molecule has 0 atom stereocenters. The Labute approximate surface area is 162 Å². The van der Waals surface area contributed by atoms with Crippen LogP contribution in [0.1, 0.15) is 16.0 Å². The molecule has 2 aromatic carbocycles. The normalized spacial score (nSPS) is 9.85. The van der Waals surface area contributed by atoms with Gasteiger partial charge in [0.05, 0.1) is 25.5 Å². The summed E-state index contributed by atoms with van der Waals surface area (Å²) in [6.07, 6.45) is 0.242. The Balaban J connectivity index is 1.67. The van der Waals surface area contributed by atoms with Gasteiger partial charge in [-0.25, -0.2) is 0 Å². The number of methoxy groups -OCH3 is 2. The van der Waals surface area contributed by atoms with Gasteiger partial charge in [-0.2, -0.15) is 0 Å². The van der Waals surface area contributed by atoms with Crippen molar-refractivity contribution in [2.75, 3.05) is 19.5 Å². The molecule has 0 aliphatic heterocycles. The average Bonchev–Trinajstić information content (AvgIpc) is 3.20. The SMILES string of the molecule is COc1ccc(CC(=O)Nc2cccc(C#Cc3cccs3)c2)cc1OC. The highest BCUT2D eigenvalue weighted by molar-refractivity contribution is 7.10. The number of hydrogen-bond acceptors (Lipinski definition) is 4. The summed E-state index contributed by atoms with van der Waals surface area (Å²) in [5, 5.41) is 4.91. The molecule has 1 aromatic heterocycles. The number of hydrogen-bond donors (Lipinski definition) is 1. The monoisotopic (exact) mass is 377 g/mol. The van der Waals surface area contributed by atoms with Gasteiger partial charge in [0.2, 0.25) is 5.91 Å². The second kappa shape index (κ2) is 8.93. The van der Waals surface area contributed by atoms with Gasteiger partial charge in [-0.05, 0) is 47.3 Å². The smallest absolute Gasteiger partial charge is 0.228 e. The summed E-state index contributed by atoms with van der Waals surface area (Å²) in [4.78, 5) is 13.4. The summed E-state index contributed by atoms with van der Waals surface area (Å²) in [5.74, 6) is 7.37. The maximum atomic E-state index is 12.4. The number of anilines is 1. The van der Waals surface area contributed by atoms with Gasteiger partial charge >= 0.3 is 0 Å². The van der Waals surface area contributed by atoms with E-state index in [1.165, 1.54) is 0 Å². The van der Waals surface area contributed by atoms with E-state index < -0.39 is 0 Å². The fraction of sp³-hybridized carbons (Fsp3) is 0.136. The first-order valence-electron chi connectivity index (χ1n) is 8.34. The highest BCUT2D eigenvalue weighted by Crippen LogP contribution is 2.27. The largest absolute Gasteiger partial charge is 0.493 e. The van der Waals surface area contributed by atoms with Crippen LogP contribution in [0.5, 0.6) is 11.5 Å². The van der Waals surface area contributed by atoms with Crippen LogP contribution in [-0.4, -0.2) is 20.1 Å². The first-order chi connectivity index (χ1) is 13.2. The van der Waals surface area contributed by atoms with Crippen molar-refractivity contribution in [3.8, 4) is 23.3 Å². The standard InChI is InChI=1S/C22H19NO3S/c1-25-20-11-9-17(14-21(20)26-2)15-22(24)23-18-6-3-5-16(13-18)8-10-19-7-4-12-27-19/h3-7,9,11-14H,15H2,1-2H3,(H,23,24). The van der Waals surface area contributed by atoms with E-state index >= 15 is 0 Å². The third kappa shape index (κ3) is 5.13. The predicted molar refractivity (Wildman–Crippen MR) is 109 cm³/mol. The van der Waals surface area contributed by atoms with Gasteiger partial charge < -0.3 is 14.8 Å². The summed E-state index contributed by atoms with van der Waals surface area (Å²) in [7, 11) is 3.16. The molecule has 136 valence electrons. The van der Waals surface area contributed by atoms with E-state index in [-0.39, 0.29) is 12.3 Å². The Morgan fingerprint density at radius 2 is 1.85 bits per heavy atom. The third-order valence-electron chi connectivity index (χ3n) is 3.81. The Morgan fingerprint density at radius 1 is 1.00 bits per heavy atom. The number of carbonyl (C=O) groups is 1. The quantitative estimate of drug-likeness (QED) is 0.673. The maximum absolute atomic E-state index is 12.4. The fourth-order valence-electron chi connectivity index (χ4n) is 2.54. The zero-order valence-corrected chi connectivity index (χ0v) is 15.9. The summed E-state index contributed by atoms with van der Waals surface area (Å²) >= 11 is 1.60. The summed E-state index contributed by atoms with van der Waals surface area (Å²) in [6, 6.07) is 16.9. The van der Waals surface area contributed by atoms with Gasteiger partial charge in [0, 0.05) is 11.3 Å². The van der Waals surface area contributed by atoms with E-state index in [2.05, 4.69) is 17.2 Å². The Hall–Kier alpha value is -3.23. The van der Waals surface area contributed by atoms with Crippen molar-refractivity contribution in [2.45, 2.75) is 6.42 Å². The van der Waals surface area contributed by atoms with Crippen molar-refractivity contribution in [1.29, 1.82) is 0 Å². The molecule has 5 heteroatoms. The fourth-order valence-corrected chi connectivity index (χ4v) is 3.11. The van der Waals surface area contributed by atoms with Gasteiger partial charge in [-0.15, -0.1) is 11.3 Å². The first-order valence-corrected chi connectivity index (χ1v) is 9.22.